The number of ether oxygens (including phenoxy) is 1. The highest BCUT2D eigenvalue weighted by Crippen LogP contribution is 2.47. The van der Waals surface area contributed by atoms with Crippen molar-refractivity contribution in [2.45, 2.75) is 30.8 Å². The molecule has 1 aliphatic carbocycles. The van der Waals surface area contributed by atoms with Crippen molar-refractivity contribution in [3.63, 3.8) is 0 Å². The van der Waals surface area contributed by atoms with Crippen LogP contribution in [0.15, 0.2) is 42.5 Å². The van der Waals surface area contributed by atoms with Crippen LogP contribution >= 0.6 is 23.2 Å². The maximum Gasteiger partial charge on any atom is 0.573 e. The van der Waals surface area contributed by atoms with Gasteiger partial charge < -0.3 is 19.9 Å². The van der Waals surface area contributed by atoms with Gasteiger partial charge >= 0.3 is 18.4 Å². The fourth-order valence-electron chi connectivity index (χ4n) is 4.68. The molecule has 2 saturated heterocycles. The summed E-state index contributed by atoms with van der Waals surface area (Å²) in [6.07, 6.45) is -4.24. The molecular formula is C23H19Cl2F3N4O4. The molecule has 5 rings (SSSR count). The highest BCUT2D eigenvalue weighted by atomic mass is 35.5. The number of piperazine rings is 1. The van der Waals surface area contributed by atoms with Crippen molar-refractivity contribution in [3.05, 3.63) is 58.1 Å². The number of hydrogen-bond acceptors (Lipinski definition) is 4. The van der Waals surface area contributed by atoms with E-state index in [-0.39, 0.29) is 59.3 Å². The van der Waals surface area contributed by atoms with E-state index in [1.54, 1.807) is 0 Å². The standard InChI is InChI=1S/C23H19Cl2F3N4O4/c24-15-8-13(36-23(26,27)28)9-16(25)19(15)29-21(34)30-6-7-31-18(11-30)20(33)32(22(31)35)17-10-14(17)12-4-2-1-3-5-12/h1-5,8-9,14,17-18H,6-7,10-11H2,(H,29,34). The van der Waals surface area contributed by atoms with Crippen LogP contribution in [-0.2, 0) is 4.79 Å². The number of anilines is 1. The first kappa shape index (κ1) is 24.5. The highest BCUT2D eigenvalue weighted by Gasteiger charge is 2.56. The molecule has 0 aromatic heterocycles. The summed E-state index contributed by atoms with van der Waals surface area (Å²) in [4.78, 5) is 43.1. The van der Waals surface area contributed by atoms with Crippen LogP contribution in [-0.4, -0.2) is 70.7 Å². The van der Waals surface area contributed by atoms with Gasteiger partial charge in [0.2, 0.25) is 0 Å². The number of rotatable bonds is 4. The van der Waals surface area contributed by atoms with Crippen LogP contribution in [0, 0.1) is 0 Å². The fraction of sp³-hybridized carbons (Fsp3) is 0.348. The number of imide groups is 1. The van der Waals surface area contributed by atoms with Gasteiger partial charge in [0.25, 0.3) is 5.91 Å². The van der Waals surface area contributed by atoms with Gasteiger partial charge in [-0.2, -0.15) is 0 Å². The third kappa shape index (κ3) is 4.64. The Bertz CT molecular complexity index is 1210. The highest BCUT2D eigenvalue weighted by molar-refractivity contribution is 6.40. The number of nitrogens with zero attached hydrogens (tertiary/aromatic N) is 3. The van der Waals surface area contributed by atoms with E-state index in [0.717, 1.165) is 17.7 Å². The van der Waals surface area contributed by atoms with Crippen molar-refractivity contribution in [1.29, 1.82) is 0 Å². The smallest absolute Gasteiger partial charge is 0.406 e. The molecule has 2 aromatic rings. The Morgan fingerprint density at radius 3 is 2.36 bits per heavy atom. The second-order valence-electron chi connectivity index (χ2n) is 8.71. The molecule has 0 bridgehead atoms. The lowest BCUT2D eigenvalue weighted by Gasteiger charge is -2.35. The van der Waals surface area contributed by atoms with E-state index in [0.29, 0.717) is 6.42 Å². The molecule has 0 spiro atoms. The molecule has 1 saturated carbocycles. The molecule has 2 aliphatic heterocycles. The molecule has 0 radical (unpaired) electrons. The number of urea groups is 2. The molecule has 36 heavy (non-hydrogen) atoms. The zero-order chi connectivity index (χ0) is 25.8. The zero-order valence-corrected chi connectivity index (χ0v) is 20.0. The van der Waals surface area contributed by atoms with Gasteiger partial charge in [-0.3, -0.25) is 9.69 Å². The normalized spacial score (nSPS) is 23.6. The Hall–Kier alpha value is -3.18. The number of nitrogens with one attached hydrogen (secondary N) is 1. The summed E-state index contributed by atoms with van der Waals surface area (Å²) in [5.74, 6) is -0.896. The summed E-state index contributed by atoms with van der Waals surface area (Å²) < 4.78 is 41.2. The molecule has 1 N–H and O–H groups in total. The number of alkyl halides is 3. The van der Waals surface area contributed by atoms with Crippen LogP contribution in [0.4, 0.5) is 28.4 Å². The van der Waals surface area contributed by atoms with Crippen molar-refractivity contribution < 1.29 is 32.3 Å². The van der Waals surface area contributed by atoms with Crippen molar-refractivity contribution in [3.8, 4) is 5.75 Å². The van der Waals surface area contributed by atoms with Gasteiger partial charge in [-0.25, -0.2) is 9.59 Å². The van der Waals surface area contributed by atoms with E-state index in [4.69, 9.17) is 23.2 Å². The number of fused-ring (bicyclic) bond motifs is 1. The van der Waals surface area contributed by atoms with Crippen molar-refractivity contribution in [2.75, 3.05) is 25.0 Å². The van der Waals surface area contributed by atoms with E-state index in [9.17, 15) is 27.6 Å². The monoisotopic (exact) mass is 542 g/mol. The van der Waals surface area contributed by atoms with Crippen LogP contribution < -0.4 is 10.1 Å². The van der Waals surface area contributed by atoms with E-state index >= 15 is 0 Å². The predicted molar refractivity (Wildman–Crippen MR) is 124 cm³/mol. The summed E-state index contributed by atoms with van der Waals surface area (Å²) in [7, 11) is 0. The van der Waals surface area contributed by atoms with Crippen LogP contribution in [0.3, 0.4) is 0 Å². The summed E-state index contributed by atoms with van der Waals surface area (Å²) in [6.45, 7) is 0.258. The molecule has 2 aromatic carbocycles. The molecule has 8 nitrogen and oxygen atoms in total. The molecule has 3 aliphatic rings. The minimum absolute atomic E-state index is 0.0415. The Morgan fingerprint density at radius 1 is 1.06 bits per heavy atom. The van der Waals surface area contributed by atoms with Crippen molar-refractivity contribution in [1.82, 2.24) is 14.7 Å². The summed E-state index contributed by atoms with van der Waals surface area (Å²) in [5, 5.41) is 1.96. The number of halogens is 5. The minimum atomic E-state index is -4.93. The molecule has 5 amide bonds. The lowest BCUT2D eigenvalue weighted by molar-refractivity contribution is -0.274. The first-order valence-electron chi connectivity index (χ1n) is 11.0. The van der Waals surface area contributed by atoms with Crippen molar-refractivity contribution in [2.24, 2.45) is 0 Å². The number of carbonyl (C=O) groups excluding carboxylic acids is 3. The number of carbonyl (C=O) groups is 3. The summed E-state index contributed by atoms with van der Waals surface area (Å²) in [5.41, 5.74) is 0.966. The van der Waals surface area contributed by atoms with Crippen LogP contribution in [0.5, 0.6) is 5.75 Å². The fourth-order valence-corrected chi connectivity index (χ4v) is 5.24. The van der Waals surface area contributed by atoms with Gasteiger partial charge in [-0.05, 0) is 12.0 Å². The van der Waals surface area contributed by atoms with Gasteiger partial charge in [-0.1, -0.05) is 53.5 Å². The Labute approximate surface area is 213 Å². The summed E-state index contributed by atoms with van der Waals surface area (Å²) in [6, 6.07) is 9.36. The molecule has 13 heteroatoms. The second kappa shape index (κ2) is 9.04. The van der Waals surface area contributed by atoms with Gasteiger partial charge in [-0.15, -0.1) is 13.2 Å². The van der Waals surface area contributed by atoms with E-state index in [2.05, 4.69) is 10.1 Å². The maximum absolute atomic E-state index is 13.2. The zero-order valence-electron chi connectivity index (χ0n) is 18.5. The van der Waals surface area contributed by atoms with Gasteiger partial charge in [0.1, 0.15) is 11.8 Å². The molecule has 3 atom stereocenters. The average molecular weight is 543 g/mol. The SMILES string of the molecule is O=C(Nc1c(Cl)cc(OC(F)(F)F)cc1Cl)N1CCN2C(=O)N(C3CC3c3ccccc3)C(=O)C2C1. The molecular weight excluding hydrogens is 524 g/mol. The third-order valence-electron chi connectivity index (χ3n) is 6.44. The molecule has 3 fully saturated rings. The second-order valence-corrected chi connectivity index (χ2v) is 9.52. The van der Waals surface area contributed by atoms with Gasteiger partial charge in [0.05, 0.1) is 22.3 Å². The number of benzene rings is 2. The lowest BCUT2D eigenvalue weighted by Crippen LogP contribution is -2.55. The molecule has 190 valence electrons. The lowest BCUT2D eigenvalue weighted by atomic mass is 10.1. The van der Waals surface area contributed by atoms with E-state index < -0.39 is 24.2 Å². The average Bonchev–Trinajstić information content (AvgIpc) is 3.56. The first-order valence-corrected chi connectivity index (χ1v) is 11.8. The number of hydrogen-bond donors (Lipinski definition) is 1. The maximum atomic E-state index is 13.2. The van der Waals surface area contributed by atoms with E-state index in [1.165, 1.54) is 14.7 Å². The first-order chi connectivity index (χ1) is 17.0. The third-order valence-corrected chi connectivity index (χ3v) is 7.04. The Kier molecular flexibility index (Phi) is 6.16. The topological polar surface area (TPSA) is 82.2 Å². The van der Waals surface area contributed by atoms with Gasteiger partial charge in [0.15, 0.2) is 0 Å². The predicted octanol–water partition coefficient (Wildman–Crippen LogP) is 4.93. The van der Waals surface area contributed by atoms with E-state index in [1.807, 2.05) is 30.3 Å². The Balaban J connectivity index is 1.25. The number of amides is 5. The quantitative estimate of drug-likeness (QED) is 0.555. The van der Waals surface area contributed by atoms with Crippen LogP contribution in [0.2, 0.25) is 10.0 Å². The Morgan fingerprint density at radius 2 is 1.72 bits per heavy atom. The summed E-state index contributed by atoms with van der Waals surface area (Å²) >= 11 is 12.0. The largest absolute Gasteiger partial charge is 0.573 e. The molecule has 2 heterocycles. The van der Waals surface area contributed by atoms with Gasteiger partial charge in [0, 0.05) is 37.2 Å². The molecule has 3 unspecified atom stereocenters. The van der Waals surface area contributed by atoms with Crippen molar-refractivity contribution >= 4 is 46.9 Å². The minimum Gasteiger partial charge on any atom is -0.406 e. The van der Waals surface area contributed by atoms with Crippen LogP contribution in [0.25, 0.3) is 0 Å². The van der Waals surface area contributed by atoms with Crippen LogP contribution in [0.1, 0.15) is 17.9 Å².